The van der Waals surface area contributed by atoms with E-state index in [1.54, 1.807) is 0 Å². The molecule has 5 nitrogen and oxygen atoms in total. The summed E-state index contributed by atoms with van der Waals surface area (Å²) in [7, 11) is 0. The summed E-state index contributed by atoms with van der Waals surface area (Å²) < 4.78 is 0. The fourth-order valence-electron chi connectivity index (χ4n) is 3.66. The smallest absolute Gasteiger partial charge is 0.126 e. The molecule has 4 N–H and O–H groups in total. The number of nitrogens with two attached hydrogens (primary N) is 1. The molecular weight excluding hydrogens is 346 g/mol. The van der Waals surface area contributed by atoms with Crippen molar-refractivity contribution in [3.05, 3.63) is 72.6 Å². The molecule has 1 aliphatic rings. The van der Waals surface area contributed by atoms with Crippen molar-refractivity contribution in [2.75, 3.05) is 10.6 Å². The van der Waals surface area contributed by atoms with E-state index in [0.717, 1.165) is 55.0 Å². The van der Waals surface area contributed by atoms with Crippen LogP contribution in [0, 0.1) is 0 Å². The predicted molar refractivity (Wildman–Crippen MR) is 115 cm³/mol. The van der Waals surface area contributed by atoms with E-state index in [1.165, 1.54) is 5.56 Å². The summed E-state index contributed by atoms with van der Waals surface area (Å²) in [5.41, 5.74) is 9.51. The Kier molecular flexibility index (Phi) is 5.83. The Morgan fingerprint density at radius 1 is 0.821 bits per heavy atom. The average molecular weight is 374 g/mol. The van der Waals surface area contributed by atoms with Gasteiger partial charge in [-0.1, -0.05) is 30.3 Å². The summed E-state index contributed by atoms with van der Waals surface area (Å²) in [4.78, 5) is 8.95. The summed E-state index contributed by atoms with van der Waals surface area (Å²) in [5, 5.41) is 6.98. The molecule has 144 valence electrons. The molecule has 0 atom stereocenters. The Morgan fingerprint density at radius 2 is 1.46 bits per heavy atom. The van der Waals surface area contributed by atoms with Gasteiger partial charge in [0.15, 0.2) is 0 Å². The molecule has 1 aromatic carbocycles. The Hall–Kier alpha value is -2.92. The lowest BCUT2D eigenvalue weighted by Crippen LogP contribution is -2.32. The third-order valence-electron chi connectivity index (χ3n) is 5.29. The number of nitrogens with one attached hydrogen (secondary N) is 2. The molecule has 0 amide bonds. The molecule has 0 bridgehead atoms. The van der Waals surface area contributed by atoms with Gasteiger partial charge < -0.3 is 16.4 Å². The van der Waals surface area contributed by atoms with E-state index in [-0.39, 0.29) is 0 Å². The first-order valence-corrected chi connectivity index (χ1v) is 9.99. The molecule has 4 rings (SSSR count). The first-order valence-electron chi connectivity index (χ1n) is 9.99. The molecule has 1 saturated carbocycles. The zero-order valence-corrected chi connectivity index (χ0v) is 16.0. The number of pyridine rings is 2. The molecule has 2 aromatic heterocycles. The topological polar surface area (TPSA) is 75.9 Å². The molecule has 1 fully saturated rings. The van der Waals surface area contributed by atoms with E-state index in [0.29, 0.717) is 12.1 Å². The highest BCUT2D eigenvalue weighted by atomic mass is 15.0. The monoisotopic (exact) mass is 373 g/mol. The van der Waals surface area contributed by atoms with Gasteiger partial charge in [-0.3, -0.25) is 0 Å². The van der Waals surface area contributed by atoms with Crippen LogP contribution in [0.5, 0.6) is 0 Å². The van der Waals surface area contributed by atoms with Gasteiger partial charge in [0.2, 0.25) is 0 Å². The van der Waals surface area contributed by atoms with Crippen LogP contribution in [0.1, 0.15) is 31.2 Å². The molecule has 0 aliphatic heterocycles. The van der Waals surface area contributed by atoms with Crippen molar-refractivity contribution in [3.8, 4) is 11.1 Å². The van der Waals surface area contributed by atoms with Gasteiger partial charge in [-0.15, -0.1) is 0 Å². The molecule has 1 aliphatic carbocycles. The highest BCUT2D eigenvalue weighted by molar-refractivity contribution is 5.68. The normalized spacial score (nSPS) is 19.2. The predicted octanol–water partition coefficient (Wildman–Crippen LogP) is 4.44. The maximum Gasteiger partial charge on any atom is 0.126 e. The Balaban J connectivity index is 1.43. The third-order valence-corrected chi connectivity index (χ3v) is 5.29. The minimum atomic E-state index is 0.357. The lowest BCUT2D eigenvalue weighted by atomic mass is 9.92. The molecule has 5 heteroatoms. The van der Waals surface area contributed by atoms with Crippen LogP contribution >= 0.6 is 0 Å². The van der Waals surface area contributed by atoms with Gasteiger partial charge in [-0.2, -0.15) is 0 Å². The quantitative estimate of drug-likeness (QED) is 0.596. The van der Waals surface area contributed by atoms with Crippen LogP contribution in [0.3, 0.4) is 0 Å². The largest absolute Gasteiger partial charge is 0.367 e. The van der Waals surface area contributed by atoms with E-state index >= 15 is 0 Å². The van der Waals surface area contributed by atoms with Crippen LogP contribution in [0.2, 0.25) is 0 Å². The lowest BCUT2D eigenvalue weighted by Gasteiger charge is -2.27. The second-order valence-corrected chi connectivity index (χ2v) is 7.45. The number of hydrogen-bond acceptors (Lipinski definition) is 5. The zero-order valence-electron chi connectivity index (χ0n) is 16.0. The molecule has 0 radical (unpaired) electrons. The van der Waals surface area contributed by atoms with E-state index < -0.39 is 0 Å². The van der Waals surface area contributed by atoms with Crippen molar-refractivity contribution in [1.29, 1.82) is 0 Å². The third kappa shape index (κ3) is 4.87. The van der Waals surface area contributed by atoms with E-state index in [1.807, 2.05) is 42.7 Å². The van der Waals surface area contributed by atoms with Crippen LogP contribution < -0.4 is 16.4 Å². The molecule has 0 saturated heterocycles. The average Bonchev–Trinajstić information content (AvgIpc) is 2.75. The first kappa shape index (κ1) is 18.4. The minimum Gasteiger partial charge on any atom is -0.367 e. The van der Waals surface area contributed by atoms with Crippen LogP contribution in [-0.2, 0) is 6.54 Å². The summed E-state index contributed by atoms with van der Waals surface area (Å²) >= 11 is 0. The summed E-state index contributed by atoms with van der Waals surface area (Å²) in [6, 6.07) is 19.4. The van der Waals surface area contributed by atoms with Crippen LogP contribution in [0.15, 0.2) is 67.0 Å². The number of hydrogen-bond donors (Lipinski definition) is 3. The first-order chi connectivity index (χ1) is 13.8. The Bertz CT molecular complexity index is 888. The zero-order chi connectivity index (χ0) is 19.2. The van der Waals surface area contributed by atoms with Crippen molar-refractivity contribution in [2.24, 2.45) is 5.73 Å². The molecule has 0 spiro atoms. The van der Waals surface area contributed by atoms with Gasteiger partial charge in [-0.05, 0) is 66.6 Å². The van der Waals surface area contributed by atoms with Crippen molar-refractivity contribution >= 4 is 11.6 Å². The van der Waals surface area contributed by atoms with E-state index in [9.17, 15) is 0 Å². The van der Waals surface area contributed by atoms with Gasteiger partial charge in [0.05, 0.1) is 0 Å². The Morgan fingerprint density at radius 3 is 2.18 bits per heavy atom. The van der Waals surface area contributed by atoms with Gasteiger partial charge >= 0.3 is 0 Å². The lowest BCUT2D eigenvalue weighted by molar-refractivity contribution is 0.410. The maximum atomic E-state index is 6.01. The SMILES string of the molecule is NC1CCC(Nc2cc(-c3ccnc(NCc4ccccc4)c3)ccn2)CC1. The van der Waals surface area contributed by atoms with Crippen LogP contribution in [-0.4, -0.2) is 22.1 Å². The molecule has 0 unspecified atom stereocenters. The number of anilines is 2. The fraction of sp³-hybridized carbons (Fsp3) is 0.304. The van der Waals surface area contributed by atoms with Gasteiger partial charge in [-0.25, -0.2) is 9.97 Å². The van der Waals surface area contributed by atoms with Gasteiger partial charge in [0, 0.05) is 31.0 Å². The molecule has 3 aromatic rings. The standard InChI is InChI=1S/C23H27N5/c24-20-6-8-21(9-7-20)28-23-15-19(11-13-26-23)18-10-12-25-22(14-18)27-16-17-4-2-1-3-5-17/h1-5,10-15,20-21H,6-9,16,24H2,(H,25,27)(H,26,28). The van der Waals surface area contributed by atoms with E-state index in [2.05, 4.69) is 44.9 Å². The highest BCUT2D eigenvalue weighted by Gasteiger charge is 2.18. The number of rotatable bonds is 6. The molecular formula is C23H27N5. The summed E-state index contributed by atoms with van der Waals surface area (Å²) in [5.74, 6) is 1.79. The minimum absolute atomic E-state index is 0.357. The van der Waals surface area contributed by atoms with Crippen LogP contribution in [0.4, 0.5) is 11.6 Å². The second-order valence-electron chi connectivity index (χ2n) is 7.45. The summed E-state index contributed by atoms with van der Waals surface area (Å²) in [6.45, 7) is 0.754. The number of nitrogens with zero attached hydrogens (tertiary/aromatic N) is 2. The fourth-order valence-corrected chi connectivity index (χ4v) is 3.66. The van der Waals surface area contributed by atoms with Crippen molar-refractivity contribution in [2.45, 2.75) is 44.3 Å². The molecule has 28 heavy (non-hydrogen) atoms. The number of benzene rings is 1. The van der Waals surface area contributed by atoms with E-state index in [4.69, 9.17) is 5.73 Å². The highest BCUT2D eigenvalue weighted by Crippen LogP contribution is 2.25. The summed E-state index contributed by atoms with van der Waals surface area (Å²) in [6.07, 6.45) is 8.09. The van der Waals surface area contributed by atoms with Crippen LogP contribution in [0.25, 0.3) is 11.1 Å². The van der Waals surface area contributed by atoms with Crippen molar-refractivity contribution in [1.82, 2.24) is 9.97 Å². The van der Waals surface area contributed by atoms with Crippen molar-refractivity contribution in [3.63, 3.8) is 0 Å². The number of aromatic nitrogens is 2. The second kappa shape index (κ2) is 8.85. The van der Waals surface area contributed by atoms with Gasteiger partial charge in [0.25, 0.3) is 0 Å². The van der Waals surface area contributed by atoms with Gasteiger partial charge in [0.1, 0.15) is 11.6 Å². The molecule has 2 heterocycles. The van der Waals surface area contributed by atoms with Crippen molar-refractivity contribution < 1.29 is 0 Å². The Labute approximate surface area is 166 Å². The maximum absolute atomic E-state index is 6.01.